The molecule has 0 radical (unpaired) electrons. The monoisotopic (exact) mass is 289 g/mol. The van der Waals surface area contributed by atoms with Crippen LogP contribution >= 0.6 is 0 Å². The van der Waals surface area contributed by atoms with Crippen LogP contribution in [-0.2, 0) is 10.0 Å². The van der Waals surface area contributed by atoms with E-state index in [-0.39, 0.29) is 16.6 Å². The molecule has 0 amide bonds. The molecule has 0 aliphatic heterocycles. The van der Waals surface area contributed by atoms with Gasteiger partial charge in [-0.3, -0.25) is 0 Å². The molecule has 3 N–H and O–H groups in total. The van der Waals surface area contributed by atoms with Gasteiger partial charge in [-0.15, -0.1) is 0 Å². The standard InChI is InChI=1S/C12H20FN3O2S/c1-9(7-8-16(2)3)15-19(17,18)11-6-4-5-10(13)12(11)14/h4-6,9,15H,7-8,14H2,1-3H3. The van der Waals surface area contributed by atoms with Crippen molar-refractivity contribution in [3.8, 4) is 0 Å². The zero-order valence-corrected chi connectivity index (χ0v) is 12.2. The minimum absolute atomic E-state index is 0.218. The van der Waals surface area contributed by atoms with Crippen LogP contribution in [0.15, 0.2) is 23.1 Å². The van der Waals surface area contributed by atoms with Gasteiger partial charge in [0.05, 0.1) is 5.69 Å². The van der Waals surface area contributed by atoms with E-state index in [0.717, 1.165) is 12.6 Å². The number of nitrogens with two attached hydrogens (primary N) is 1. The summed E-state index contributed by atoms with van der Waals surface area (Å²) in [7, 11) is 0.0229. The van der Waals surface area contributed by atoms with Crippen molar-refractivity contribution in [2.45, 2.75) is 24.3 Å². The number of hydrogen-bond donors (Lipinski definition) is 2. The van der Waals surface area contributed by atoms with E-state index in [1.165, 1.54) is 12.1 Å². The van der Waals surface area contributed by atoms with Crippen LogP contribution in [0, 0.1) is 5.82 Å². The molecular formula is C12H20FN3O2S. The van der Waals surface area contributed by atoms with Crippen LogP contribution in [0.5, 0.6) is 0 Å². The van der Waals surface area contributed by atoms with E-state index >= 15 is 0 Å². The second-order valence-electron chi connectivity index (χ2n) is 4.77. The largest absolute Gasteiger partial charge is 0.395 e. The lowest BCUT2D eigenvalue weighted by molar-refractivity contribution is 0.379. The Morgan fingerprint density at radius 1 is 1.42 bits per heavy atom. The first-order valence-corrected chi connectivity index (χ1v) is 7.43. The molecule has 0 aliphatic rings. The van der Waals surface area contributed by atoms with Crippen molar-refractivity contribution in [3.63, 3.8) is 0 Å². The highest BCUT2D eigenvalue weighted by Crippen LogP contribution is 2.21. The van der Waals surface area contributed by atoms with Gasteiger partial charge in [0.2, 0.25) is 10.0 Å². The highest BCUT2D eigenvalue weighted by Gasteiger charge is 2.21. The van der Waals surface area contributed by atoms with E-state index in [1.807, 2.05) is 19.0 Å². The summed E-state index contributed by atoms with van der Waals surface area (Å²) in [6, 6.07) is 3.49. The average Bonchev–Trinajstić information content (AvgIpc) is 2.29. The number of nitrogen functional groups attached to an aromatic ring is 1. The molecule has 0 bridgehead atoms. The normalized spacial score (nSPS) is 13.7. The number of anilines is 1. The van der Waals surface area contributed by atoms with E-state index in [9.17, 15) is 12.8 Å². The molecule has 1 rings (SSSR count). The van der Waals surface area contributed by atoms with Crippen LogP contribution in [0.4, 0.5) is 10.1 Å². The summed E-state index contributed by atoms with van der Waals surface area (Å²) in [4.78, 5) is 1.74. The van der Waals surface area contributed by atoms with Crippen LogP contribution in [-0.4, -0.2) is 40.0 Å². The lowest BCUT2D eigenvalue weighted by atomic mass is 10.2. The fourth-order valence-electron chi connectivity index (χ4n) is 1.59. The lowest BCUT2D eigenvalue weighted by Gasteiger charge is -2.17. The van der Waals surface area contributed by atoms with Gasteiger partial charge in [0.1, 0.15) is 10.7 Å². The Hall–Kier alpha value is -1.18. The molecular weight excluding hydrogens is 269 g/mol. The molecule has 7 heteroatoms. The molecule has 108 valence electrons. The highest BCUT2D eigenvalue weighted by molar-refractivity contribution is 7.89. The smallest absolute Gasteiger partial charge is 0.242 e. The summed E-state index contributed by atoms with van der Waals surface area (Å²) < 4.78 is 39.9. The van der Waals surface area contributed by atoms with Crippen molar-refractivity contribution in [2.24, 2.45) is 0 Å². The Morgan fingerprint density at radius 2 is 2.05 bits per heavy atom. The Labute approximate surface area is 113 Å². The number of para-hydroxylation sites is 1. The Kier molecular flexibility index (Phi) is 5.28. The van der Waals surface area contributed by atoms with Crippen LogP contribution in [0.2, 0.25) is 0 Å². The summed E-state index contributed by atoms with van der Waals surface area (Å²) in [6.07, 6.45) is 0.654. The number of halogens is 1. The van der Waals surface area contributed by atoms with Crippen molar-refractivity contribution in [1.82, 2.24) is 9.62 Å². The van der Waals surface area contributed by atoms with Crippen LogP contribution in [0.25, 0.3) is 0 Å². The van der Waals surface area contributed by atoms with Crippen molar-refractivity contribution >= 4 is 15.7 Å². The van der Waals surface area contributed by atoms with Crippen molar-refractivity contribution < 1.29 is 12.8 Å². The van der Waals surface area contributed by atoms with Crippen LogP contribution < -0.4 is 10.5 Å². The van der Waals surface area contributed by atoms with Crippen LogP contribution in [0.3, 0.4) is 0 Å². The third-order valence-electron chi connectivity index (χ3n) is 2.67. The lowest BCUT2D eigenvalue weighted by Crippen LogP contribution is -2.35. The van der Waals surface area contributed by atoms with Gasteiger partial charge in [0, 0.05) is 6.04 Å². The minimum Gasteiger partial charge on any atom is -0.395 e. The average molecular weight is 289 g/mol. The molecule has 0 aromatic heterocycles. The van der Waals surface area contributed by atoms with Gasteiger partial charge in [-0.2, -0.15) is 0 Å². The van der Waals surface area contributed by atoms with Gasteiger partial charge in [-0.1, -0.05) is 6.07 Å². The number of sulfonamides is 1. The van der Waals surface area contributed by atoms with Crippen molar-refractivity contribution in [1.29, 1.82) is 0 Å². The predicted octanol–water partition coefficient (Wildman–Crippen LogP) is 1.03. The second-order valence-corrected chi connectivity index (χ2v) is 6.45. The summed E-state index contributed by atoms with van der Waals surface area (Å²) in [5, 5.41) is 0. The number of hydrogen-bond acceptors (Lipinski definition) is 4. The minimum atomic E-state index is -3.79. The molecule has 0 heterocycles. The van der Waals surface area contributed by atoms with Crippen molar-refractivity contribution in [3.05, 3.63) is 24.0 Å². The van der Waals surface area contributed by atoms with Gasteiger partial charge in [-0.05, 0) is 46.1 Å². The van der Waals surface area contributed by atoms with Crippen molar-refractivity contribution in [2.75, 3.05) is 26.4 Å². The molecule has 19 heavy (non-hydrogen) atoms. The molecule has 0 saturated carbocycles. The van der Waals surface area contributed by atoms with Gasteiger partial charge < -0.3 is 10.6 Å². The maximum atomic E-state index is 13.3. The van der Waals surface area contributed by atoms with Gasteiger partial charge in [0.15, 0.2) is 0 Å². The SMILES string of the molecule is CC(CCN(C)C)NS(=O)(=O)c1cccc(F)c1N. The van der Waals surface area contributed by atoms with Gasteiger partial charge >= 0.3 is 0 Å². The topological polar surface area (TPSA) is 75.4 Å². The zero-order valence-electron chi connectivity index (χ0n) is 11.4. The van der Waals surface area contributed by atoms with Gasteiger partial charge in [-0.25, -0.2) is 17.5 Å². The van der Waals surface area contributed by atoms with E-state index in [0.29, 0.717) is 6.42 Å². The summed E-state index contributed by atoms with van der Waals surface area (Å²) in [5.74, 6) is -0.733. The maximum absolute atomic E-state index is 13.3. The molecule has 0 saturated heterocycles. The van der Waals surface area contributed by atoms with Crippen LogP contribution in [0.1, 0.15) is 13.3 Å². The molecule has 5 nitrogen and oxygen atoms in total. The third kappa shape index (κ3) is 4.45. The number of nitrogens with zero attached hydrogens (tertiary/aromatic N) is 1. The molecule has 1 unspecified atom stereocenters. The molecule has 0 aliphatic carbocycles. The van der Waals surface area contributed by atoms with E-state index < -0.39 is 15.8 Å². The number of nitrogens with one attached hydrogen (secondary N) is 1. The molecule has 0 fully saturated rings. The second kappa shape index (κ2) is 6.31. The molecule has 1 aromatic carbocycles. The Bertz CT molecular complexity index is 532. The summed E-state index contributed by atoms with van der Waals surface area (Å²) in [6.45, 7) is 2.51. The van der Waals surface area contributed by atoms with E-state index in [4.69, 9.17) is 5.73 Å². The van der Waals surface area contributed by atoms with E-state index in [2.05, 4.69) is 4.72 Å². The molecule has 1 aromatic rings. The predicted molar refractivity (Wildman–Crippen MR) is 73.8 cm³/mol. The Morgan fingerprint density at radius 3 is 2.63 bits per heavy atom. The number of rotatable bonds is 6. The van der Waals surface area contributed by atoms with Gasteiger partial charge in [0.25, 0.3) is 0 Å². The highest BCUT2D eigenvalue weighted by atomic mass is 32.2. The first-order valence-electron chi connectivity index (χ1n) is 5.95. The number of benzene rings is 1. The quantitative estimate of drug-likeness (QED) is 0.767. The first kappa shape index (κ1) is 15.9. The molecule has 1 atom stereocenters. The fourth-order valence-corrected chi connectivity index (χ4v) is 3.01. The summed E-state index contributed by atoms with van der Waals surface area (Å²) >= 11 is 0. The Balaban J connectivity index is 2.84. The molecule has 0 spiro atoms. The van der Waals surface area contributed by atoms with E-state index in [1.54, 1.807) is 6.92 Å². The summed E-state index contributed by atoms with van der Waals surface area (Å²) in [5.41, 5.74) is 5.11. The third-order valence-corrected chi connectivity index (χ3v) is 4.32. The fraction of sp³-hybridized carbons (Fsp3) is 0.500. The maximum Gasteiger partial charge on any atom is 0.242 e. The zero-order chi connectivity index (χ0) is 14.6. The first-order chi connectivity index (χ1) is 8.74.